The maximum Gasteiger partial charge on any atom is 0.202 e. The molecular weight excluding hydrogens is 222 g/mol. The Morgan fingerprint density at radius 3 is 2.71 bits per heavy atom. The summed E-state index contributed by atoms with van der Waals surface area (Å²) in [6.07, 6.45) is 3.21. The molecule has 0 spiro atoms. The predicted molar refractivity (Wildman–Crippen MR) is 60.4 cm³/mol. The van der Waals surface area contributed by atoms with Crippen LogP contribution in [0.2, 0.25) is 0 Å². The number of ether oxygens (including phenoxy) is 1. The zero-order valence-electron chi connectivity index (χ0n) is 8.93. The topological polar surface area (TPSA) is 82.8 Å². The van der Waals surface area contributed by atoms with Gasteiger partial charge in [0, 0.05) is 17.1 Å². The highest BCUT2D eigenvalue weighted by molar-refractivity contribution is 5.90. The van der Waals surface area contributed by atoms with Crippen LogP contribution in [0.25, 0.3) is 10.9 Å². The maximum atomic E-state index is 9.59. The summed E-state index contributed by atoms with van der Waals surface area (Å²) in [5, 5.41) is 28.1. The zero-order valence-corrected chi connectivity index (χ0v) is 8.93. The third-order valence-electron chi connectivity index (χ3n) is 2.29. The Kier molecular flexibility index (Phi) is 2.63. The third-order valence-corrected chi connectivity index (χ3v) is 2.29. The Morgan fingerprint density at radius 2 is 2.06 bits per heavy atom. The van der Waals surface area contributed by atoms with Crippen molar-refractivity contribution in [3.8, 4) is 29.3 Å². The van der Waals surface area contributed by atoms with Crippen LogP contribution in [0.3, 0.4) is 0 Å². The van der Waals surface area contributed by atoms with E-state index < -0.39 is 0 Å². The lowest BCUT2D eigenvalue weighted by atomic mass is 10.1. The minimum atomic E-state index is -0.353. The number of phenolic OH excluding ortho intramolecular Hbond substituents is 2. The Morgan fingerprint density at radius 1 is 1.29 bits per heavy atom. The van der Waals surface area contributed by atoms with Crippen molar-refractivity contribution in [3.05, 3.63) is 23.9 Å². The molecule has 0 fully saturated rings. The van der Waals surface area contributed by atoms with Crippen molar-refractivity contribution in [1.82, 2.24) is 4.98 Å². The molecule has 0 amide bonds. The van der Waals surface area contributed by atoms with Crippen molar-refractivity contribution in [1.29, 1.82) is 0 Å². The largest absolute Gasteiger partial charge is 0.504 e. The van der Waals surface area contributed by atoms with Gasteiger partial charge in [0.05, 0.1) is 7.11 Å². The number of aromatic nitrogens is 1. The first-order chi connectivity index (χ1) is 8.17. The number of hydrogen-bond acceptors (Lipinski definition) is 5. The minimum Gasteiger partial charge on any atom is -0.504 e. The molecule has 17 heavy (non-hydrogen) atoms. The van der Waals surface area contributed by atoms with Gasteiger partial charge < -0.3 is 20.1 Å². The Hall–Kier alpha value is -2.61. The minimum absolute atomic E-state index is 0.100. The highest BCUT2D eigenvalue weighted by atomic mass is 16.5. The first-order valence-electron chi connectivity index (χ1n) is 4.71. The van der Waals surface area contributed by atoms with Crippen LogP contribution < -0.4 is 4.74 Å². The van der Waals surface area contributed by atoms with E-state index in [0.717, 1.165) is 0 Å². The molecule has 2 aromatic rings. The van der Waals surface area contributed by atoms with Gasteiger partial charge in [-0.2, -0.15) is 0 Å². The summed E-state index contributed by atoms with van der Waals surface area (Å²) in [5.41, 5.74) is 0.901. The average Bonchev–Trinajstić information content (AvgIpc) is 2.31. The molecule has 0 unspecified atom stereocenters. The van der Waals surface area contributed by atoms with Gasteiger partial charge in [-0.05, 0) is 18.1 Å². The van der Waals surface area contributed by atoms with E-state index in [-0.39, 0.29) is 17.2 Å². The quantitative estimate of drug-likeness (QED) is 0.509. The lowest BCUT2D eigenvalue weighted by Crippen LogP contribution is -1.90. The smallest absolute Gasteiger partial charge is 0.202 e. The third kappa shape index (κ3) is 1.76. The molecule has 0 aliphatic heterocycles. The predicted octanol–water partition coefficient (Wildman–Crippen LogP) is 1.34. The number of methoxy groups -OCH3 is 1. The van der Waals surface area contributed by atoms with Crippen molar-refractivity contribution in [2.75, 3.05) is 7.11 Å². The van der Waals surface area contributed by atoms with Crippen LogP contribution in [0, 0.1) is 12.0 Å². The Labute approximate surface area is 96.9 Å². The second kappa shape index (κ2) is 4.10. The van der Waals surface area contributed by atoms with E-state index in [4.69, 9.17) is 9.84 Å². The normalized spacial score (nSPS) is 9.71. The monoisotopic (exact) mass is 231 g/mol. The molecule has 0 aliphatic rings. The van der Waals surface area contributed by atoms with E-state index in [1.807, 2.05) is 0 Å². The van der Waals surface area contributed by atoms with Crippen molar-refractivity contribution >= 4 is 10.9 Å². The maximum absolute atomic E-state index is 9.59. The number of hydrogen-bond donors (Lipinski definition) is 3. The number of aromatic hydroxyl groups is 2. The van der Waals surface area contributed by atoms with Crippen LogP contribution in [0.15, 0.2) is 18.3 Å². The molecule has 3 N–H and O–H groups in total. The van der Waals surface area contributed by atoms with Gasteiger partial charge in [0.1, 0.15) is 11.6 Å². The SMILES string of the molecule is COc1c(O)c(O)cc2cc(C#CO)cnc12. The fourth-order valence-corrected chi connectivity index (χ4v) is 1.55. The highest BCUT2D eigenvalue weighted by Gasteiger charge is 2.13. The summed E-state index contributed by atoms with van der Waals surface area (Å²) in [5.74, 6) is 1.88. The summed E-state index contributed by atoms with van der Waals surface area (Å²) in [7, 11) is 1.37. The fraction of sp³-hybridized carbons (Fsp3) is 0.0833. The van der Waals surface area contributed by atoms with E-state index in [9.17, 15) is 10.2 Å². The zero-order chi connectivity index (χ0) is 12.4. The van der Waals surface area contributed by atoms with Gasteiger partial charge in [-0.15, -0.1) is 0 Å². The van der Waals surface area contributed by atoms with Crippen molar-refractivity contribution in [2.24, 2.45) is 0 Å². The number of rotatable bonds is 1. The van der Waals surface area contributed by atoms with Crippen LogP contribution in [-0.2, 0) is 0 Å². The van der Waals surface area contributed by atoms with Gasteiger partial charge >= 0.3 is 0 Å². The molecule has 1 aromatic carbocycles. The van der Waals surface area contributed by atoms with E-state index in [0.29, 0.717) is 16.5 Å². The molecule has 0 radical (unpaired) electrons. The van der Waals surface area contributed by atoms with Gasteiger partial charge in [0.2, 0.25) is 5.75 Å². The Balaban J connectivity index is 2.79. The van der Waals surface area contributed by atoms with Gasteiger partial charge in [-0.3, -0.25) is 4.98 Å². The highest BCUT2D eigenvalue weighted by Crippen LogP contribution is 2.40. The number of fused-ring (bicyclic) bond motifs is 1. The lowest BCUT2D eigenvalue weighted by Gasteiger charge is -2.08. The summed E-state index contributed by atoms with van der Waals surface area (Å²) in [6.45, 7) is 0. The molecule has 0 aliphatic carbocycles. The van der Waals surface area contributed by atoms with Crippen LogP contribution in [-0.4, -0.2) is 27.4 Å². The van der Waals surface area contributed by atoms with Crippen molar-refractivity contribution in [2.45, 2.75) is 0 Å². The second-order valence-corrected chi connectivity index (χ2v) is 3.31. The van der Waals surface area contributed by atoms with E-state index in [1.165, 1.54) is 19.4 Å². The number of aliphatic hydroxyl groups is 1. The van der Waals surface area contributed by atoms with Gasteiger partial charge in [0.15, 0.2) is 11.5 Å². The Bertz CT molecular complexity index is 640. The van der Waals surface area contributed by atoms with Crippen LogP contribution in [0.4, 0.5) is 0 Å². The molecular formula is C12H9NO4. The summed E-state index contributed by atoms with van der Waals surface area (Å²) in [4.78, 5) is 4.06. The molecule has 5 nitrogen and oxygen atoms in total. The van der Waals surface area contributed by atoms with Gasteiger partial charge in [0.25, 0.3) is 0 Å². The van der Waals surface area contributed by atoms with Crippen LogP contribution in [0.1, 0.15) is 5.56 Å². The fourth-order valence-electron chi connectivity index (χ4n) is 1.55. The molecule has 0 bridgehead atoms. The molecule has 0 atom stereocenters. The molecule has 0 saturated carbocycles. The molecule has 0 saturated heterocycles. The van der Waals surface area contributed by atoms with Crippen LogP contribution >= 0.6 is 0 Å². The van der Waals surface area contributed by atoms with Crippen molar-refractivity contribution in [3.63, 3.8) is 0 Å². The number of benzene rings is 1. The lowest BCUT2D eigenvalue weighted by molar-refractivity contribution is 0.354. The van der Waals surface area contributed by atoms with Gasteiger partial charge in [-0.25, -0.2) is 0 Å². The summed E-state index contributed by atoms with van der Waals surface area (Å²) in [6, 6.07) is 2.97. The number of nitrogens with zero attached hydrogens (tertiary/aromatic N) is 1. The standard InChI is InChI=1S/C12H9NO4/c1-17-12-10-8(5-9(15)11(12)16)4-7(2-3-14)6-13-10/h4-6,14-16H,1H3. The molecule has 86 valence electrons. The molecule has 2 rings (SSSR count). The van der Waals surface area contributed by atoms with E-state index in [1.54, 1.807) is 12.2 Å². The number of pyridine rings is 1. The van der Waals surface area contributed by atoms with E-state index >= 15 is 0 Å². The first-order valence-corrected chi connectivity index (χ1v) is 4.71. The van der Waals surface area contributed by atoms with Gasteiger partial charge in [-0.1, -0.05) is 0 Å². The summed E-state index contributed by atoms with van der Waals surface area (Å²) < 4.78 is 4.98. The van der Waals surface area contributed by atoms with Crippen molar-refractivity contribution < 1.29 is 20.1 Å². The number of aliphatic hydroxyl groups excluding tert-OH is 1. The van der Waals surface area contributed by atoms with E-state index in [2.05, 4.69) is 10.9 Å². The second-order valence-electron chi connectivity index (χ2n) is 3.31. The number of phenols is 2. The molecule has 1 heterocycles. The van der Waals surface area contributed by atoms with Crippen LogP contribution in [0.5, 0.6) is 17.2 Å². The first kappa shape index (κ1) is 10.9. The molecule has 1 aromatic heterocycles. The average molecular weight is 231 g/mol. The molecule has 5 heteroatoms. The summed E-state index contributed by atoms with van der Waals surface area (Å²) >= 11 is 0.